The van der Waals surface area contributed by atoms with E-state index in [1.54, 1.807) is 0 Å². The number of carbonyl (C=O) groups excluding carboxylic acids is 1. The Morgan fingerprint density at radius 2 is 2.15 bits per heavy atom. The standard InChI is InChI=1S/C6H10O2.C3H10OSi/c1-3-5-8-6(7)4-2;1-2-3(4)5/h4H,2-3,5H2,1H3;3-4H,2H2,1,5H3. The van der Waals surface area contributed by atoms with Crippen LogP contribution in [0.1, 0.15) is 26.7 Å². The van der Waals surface area contributed by atoms with Crippen LogP contribution in [-0.4, -0.2) is 33.7 Å². The van der Waals surface area contributed by atoms with Crippen molar-refractivity contribution in [3.8, 4) is 0 Å². The molecule has 1 unspecified atom stereocenters. The van der Waals surface area contributed by atoms with Gasteiger partial charge in [0.15, 0.2) is 0 Å². The molecule has 0 rings (SSSR count). The maximum absolute atomic E-state index is 10.2. The molecule has 1 N–H and O–H groups in total. The first kappa shape index (κ1) is 14.9. The molecule has 4 heteroatoms. The van der Waals surface area contributed by atoms with Crippen molar-refractivity contribution in [3.63, 3.8) is 0 Å². The molecule has 0 spiro atoms. The van der Waals surface area contributed by atoms with Crippen molar-refractivity contribution in [3.05, 3.63) is 12.7 Å². The van der Waals surface area contributed by atoms with Gasteiger partial charge < -0.3 is 9.84 Å². The average Bonchev–Trinajstić information content (AvgIpc) is 2.15. The molecule has 0 aliphatic heterocycles. The molecule has 1 atom stereocenters. The minimum Gasteiger partial charge on any atom is -0.463 e. The molecule has 0 heterocycles. The number of esters is 1. The van der Waals surface area contributed by atoms with E-state index in [4.69, 9.17) is 5.11 Å². The average molecular weight is 204 g/mol. The number of carbonyl (C=O) groups is 1. The van der Waals surface area contributed by atoms with Crippen molar-refractivity contribution in [1.82, 2.24) is 0 Å². The summed E-state index contributed by atoms with van der Waals surface area (Å²) in [5.74, 6) is -0.341. The van der Waals surface area contributed by atoms with Gasteiger partial charge in [0.05, 0.1) is 6.61 Å². The van der Waals surface area contributed by atoms with Gasteiger partial charge in [-0.15, -0.1) is 0 Å². The zero-order valence-electron chi connectivity index (χ0n) is 8.75. The van der Waals surface area contributed by atoms with Gasteiger partial charge in [0, 0.05) is 22.0 Å². The highest BCUT2D eigenvalue weighted by Crippen LogP contribution is 1.81. The zero-order chi connectivity index (χ0) is 10.7. The highest BCUT2D eigenvalue weighted by molar-refractivity contribution is 6.10. The Balaban J connectivity index is 0. The van der Waals surface area contributed by atoms with Gasteiger partial charge in [-0.25, -0.2) is 4.79 Å². The van der Waals surface area contributed by atoms with Crippen LogP contribution in [0.3, 0.4) is 0 Å². The van der Waals surface area contributed by atoms with E-state index in [1.165, 1.54) is 0 Å². The van der Waals surface area contributed by atoms with Gasteiger partial charge in [-0.1, -0.05) is 20.4 Å². The Labute approximate surface area is 83.2 Å². The fourth-order valence-corrected chi connectivity index (χ4v) is 0.262. The fraction of sp³-hybridized carbons (Fsp3) is 0.667. The van der Waals surface area contributed by atoms with Gasteiger partial charge in [-0.2, -0.15) is 0 Å². The molecule has 0 amide bonds. The fourth-order valence-electron chi connectivity index (χ4n) is 0.262. The highest BCUT2D eigenvalue weighted by atomic mass is 28.1. The molecule has 0 aromatic heterocycles. The second kappa shape index (κ2) is 11.4. The predicted octanol–water partition coefficient (Wildman–Crippen LogP) is 0.206. The van der Waals surface area contributed by atoms with Crippen LogP contribution < -0.4 is 0 Å². The Morgan fingerprint density at radius 3 is 2.38 bits per heavy atom. The molecule has 0 aromatic carbocycles. The van der Waals surface area contributed by atoms with Crippen LogP contribution >= 0.6 is 0 Å². The molecule has 0 saturated carbocycles. The Hall–Kier alpha value is -0.613. The molecular formula is C9H20O3Si. The summed E-state index contributed by atoms with van der Waals surface area (Å²) in [7, 11) is 0.925. The lowest BCUT2D eigenvalue weighted by atomic mass is 10.5. The second-order valence-electron chi connectivity index (χ2n) is 2.63. The van der Waals surface area contributed by atoms with E-state index in [9.17, 15) is 4.79 Å². The number of aliphatic hydroxyl groups is 1. The van der Waals surface area contributed by atoms with E-state index >= 15 is 0 Å². The smallest absolute Gasteiger partial charge is 0.330 e. The Bertz CT molecular complexity index is 135. The third kappa shape index (κ3) is 18.4. The summed E-state index contributed by atoms with van der Waals surface area (Å²) in [6, 6.07) is 0. The second-order valence-corrected chi connectivity index (χ2v) is 3.96. The van der Waals surface area contributed by atoms with E-state index in [-0.39, 0.29) is 11.7 Å². The van der Waals surface area contributed by atoms with Crippen molar-refractivity contribution in [2.75, 3.05) is 6.61 Å². The maximum atomic E-state index is 10.2. The topological polar surface area (TPSA) is 46.5 Å². The molecule has 0 aliphatic rings. The highest BCUT2D eigenvalue weighted by Gasteiger charge is 1.89. The molecule has 0 bridgehead atoms. The summed E-state index contributed by atoms with van der Waals surface area (Å²) in [4.78, 5) is 10.2. The van der Waals surface area contributed by atoms with E-state index in [2.05, 4.69) is 11.3 Å². The van der Waals surface area contributed by atoms with Gasteiger partial charge in [-0.05, 0) is 12.8 Å². The van der Waals surface area contributed by atoms with Crippen LogP contribution in [0.15, 0.2) is 12.7 Å². The number of hydrogen-bond donors (Lipinski definition) is 1. The lowest BCUT2D eigenvalue weighted by Crippen LogP contribution is -2.00. The van der Waals surface area contributed by atoms with Crippen LogP contribution in [0.4, 0.5) is 0 Å². The quantitative estimate of drug-likeness (QED) is 0.404. The molecule has 0 aliphatic carbocycles. The maximum Gasteiger partial charge on any atom is 0.330 e. The molecule has 0 fully saturated rings. The van der Waals surface area contributed by atoms with Crippen LogP contribution in [0.2, 0.25) is 0 Å². The summed E-state index contributed by atoms with van der Waals surface area (Å²) < 4.78 is 4.58. The van der Waals surface area contributed by atoms with E-state index in [0.29, 0.717) is 6.61 Å². The van der Waals surface area contributed by atoms with Crippen molar-refractivity contribution >= 4 is 16.2 Å². The largest absolute Gasteiger partial charge is 0.463 e. The minimum absolute atomic E-state index is 0.0231. The van der Waals surface area contributed by atoms with E-state index in [0.717, 1.165) is 29.2 Å². The zero-order valence-corrected chi connectivity index (χ0v) is 10.7. The normalized spacial score (nSPS) is 11.0. The first-order valence-electron chi connectivity index (χ1n) is 4.55. The van der Waals surface area contributed by atoms with Crippen LogP contribution in [-0.2, 0) is 9.53 Å². The molecule has 0 saturated heterocycles. The van der Waals surface area contributed by atoms with E-state index in [1.807, 2.05) is 13.8 Å². The lowest BCUT2D eigenvalue weighted by molar-refractivity contribution is -0.137. The lowest BCUT2D eigenvalue weighted by Gasteiger charge is -1.94. The number of ether oxygens (including phenoxy) is 1. The third-order valence-electron chi connectivity index (χ3n) is 1.21. The molecule has 0 radical (unpaired) electrons. The number of aliphatic hydroxyl groups excluding tert-OH is 1. The minimum atomic E-state index is -0.341. The summed E-state index contributed by atoms with van der Waals surface area (Å²) in [6.07, 6.45) is 2.95. The summed E-state index contributed by atoms with van der Waals surface area (Å²) in [6.45, 7) is 7.65. The summed E-state index contributed by atoms with van der Waals surface area (Å²) in [5.41, 5.74) is 0.0231. The van der Waals surface area contributed by atoms with Gasteiger partial charge in [0.1, 0.15) is 0 Å². The van der Waals surface area contributed by atoms with Crippen molar-refractivity contribution in [1.29, 1.82) is 0 Å². The SMILES string of the molecule is C=CC(=O)OCCC.CCC(O)[SiH3]. The third-order valence-corrected chi connectivity index (χ3v) is 2.02. The first-order chi connectivity index (χ1) is 6.08. The van der Waals surface area contributed by atoms with Crippen LogP contribution in [0.25, 0.3) is 0 Å². The van der Waals surface area contributed by atoms with Crippen molar-refractivity contribution in [2.24, 2.45) is 0 Å². The van der Waals surface area contributed by atoms with Gasteiger partial charge in [-0.3, -0.25) is 0 Å². The van der Waals surface area contributed by atoms with Gasteiger partial charge >= 0.3 is 5.97 Å². The van der Waals surface area contributed by atoms with Crippen molar-refractivity contribution in [2.45, 2.75) is 32.4 Å². The summed E-state index contributed by atoms with van der Waals surface area (Å²) in [5, 5.41) is 8.42. The Kier molecular flexibility index (Phi) is 13.0. The van der Waals surface area contributed by atoms with Crippen molar-refractivity contribution < 1.29 is 14.6 Å². The van der Waals surface area contributed by atoms with Gasteiger partial charge in [0.2, 0.25) is 0 Å². The number of hydrogen-bond acceptors (Lipinski definition) is 3. The molecule has 13 heavy (non-hydrogen) atoms. The molecular weight excluding hydrogens is 184 g/mol. The molecule has 78 valence electrons. The van der Waals surface area contributed by atoms with Gasteiger partial charge in [0.25, 0.3) is 0 Å². The van der Waals surface area contributed by atoms with Crippen LogP contribution in [0, 0.1) is 0 Å². The monoisotopic (exact) mass is 204 g/mol. The number of rotatable bonds is 4. The summed E-state index contributed by atoms with van der Waals surface area (Å²) >= 11 is 0. The predicted molar refractivity (Wildman–Crippen MR) is 57.7 cm³/mol. The first-order valence-corrected chi connectivity index (χ1v) is 5.71. The Morgan fingerprint density at radius 1 is 1.69 bits per heavy atom. The molecule has 3 nitrogen and oxygen atoms in total. The van der Waals surface area contributed by atoms with Crippen LogP contribution in [0.5, 0.6) is 0 Å². The molecule has 0 aromatic rings. The van der Waals surface area contributed by atoms with E-state index < -0.39 is 0 Å².